The van der Waals surface area contributed by atoms with Crippen LogP contribution in [0.4, 0.5) is 0 Å². The van der Waals surface area contributed by atoms with Gasteiger partial charge in [0.05, 0.1) is 11.8 Å². The van der Waals surface area contributed by atoms with Crippen LogP contribution < -0.4 is 5.32 Å². The highest BCUT2D eigenvalue weighted by atomic mass is 14.9. The van der Waals surface area contributed by atoms with Gasteiger partial charge in [0.15, 0.2) is 0 Å². The predicted octanol–water partition coefficient (Wildman–Crippen LogP) is 2.20. The van der Waals surface area contributed by atoms with Gasteiger partial charge in [-0.15, -0.1) is 0 Å². The van der Waals surface area contributed by atoms with E-state index < -0.39 is 0 Å². The summed E-state index contributed by atoms with van der Waals surface area (Å²) < 4.78 is 0. The number of aromatic nitrogens is 2. The molecule has 4 nitrogen and oxygen atoms in total. The highest BCUT2D eigenvalue weighted by molar-refractivity contribution is 5.01. The highest BCUT2D eigenvalue weighted by Crippen LogP contribution is 2.20. The third-order valence-corrected chi connectivity index (χ3v) is 2.66. The number of hydrogen-bond acceptors (Lipinski definition) is 4. The second-order valence-electron chi connectivity index (χ2n) is 5.02. The normalized spacial score (nSPS) is 11.2. The molecular formula is C13H20N4. The van der Waals surface area contributed by atoms with E-state index in [0.29, 0.717) is 6.42 Å². The third-order valence-electron chi connectivity index (χ3n) is 2.66. The Labute approximate surface area is 103 Å². The summed E-state index contributed by atoms with van der Waals surface area (Å²) in [6, 6.07) is 4.11. The first-order valence-corrected chi connectivity index (χ1v) is 5.90. The summed E-state index contributed by atoms with van der Waals surface area (Å²) >= 11 is 0. The zero-order valence-electron chi connectivity index (χ0n) is 10.8. The van der Waals surface area contributed by atoms with Gasteiger partial charge in [-0.2, -0.15) is 5.26 Å². The number of aryl methyl sites for hydroxylation is 1. The van der Waals surface area contributed by atoms with Crippen molar-refractivity contribution in [3.05, 3.63) is 23.8 Å². The smallest absolute Gasteiger partial charge is 0.125 e. The molecule has 1 rings (SSSR count). The lowest BCUT2D eigenvalue weighted by atomic mass is 9.88. The minimum Gasteiger partial charge on any atom is -0.311 e. The molecule has 1 heterocycles. The molecule has 0 aliphatic carbocycles. The molecule has 0 fully saturated rings. The Bertz CT molecular complexity index is 393. The van der Waals surface area contributed by atoms with Crippen molar-refractivity contribution in [3.8, 4) is 6.07 Å². The summed E-state index contributed by atoms with van der Waals surface area (Å²) in [5, 5.41) is 12.0. The molecule has 0 aromatic carbocycles. The Balaban J connectivity index is 2.35. The molecule has 1 aromatic rings. The van der Waals surface area contributed by atoms with E-state index in [0.717, 1.165) is 31.0 Å². The maximum Gasteiger partial charge on any atom is 0.125 e. The monoisotopic (exact) mass is 232 g/mol. The molecule has 0 spiro atoms. The number of rotatable bonds is 6. The predicted molar refractivity (Wildman–Crippen MR) is 67.1 cm³/mol. The van der Waals surface area contributed by atoms with Gasteiger partial charge >= 0.3 is 0 Å². The van der Waals surface area contributed by atoms with Crippen LogP contribution in [0, 0.1) is 23.7 Å². The Morgan fingerprint density at radius 2 is 2.24 bits per heavy atom. The second-order valence-corrected chi connectivity index (χ2v) is 5.02. The first-order chi connectivity index (χ1) is 8.03. The lowest BCUT2D eigenvalue weighted by Gasteiger charge is -2.23. The van der Waals surface area contributed by atoms with Gasteiger partial charge in [-0.1, -0.05) is 13.8 Å². The molecule has 0 saturated carbocycles. The minimum atomic E-state index is 0.151. The van der Waals surface area contributed by atoms with Gasteiger partial charge in [-0.3, -0.25) is 0 Å². The van der Waals surface area contributed by atoms with E-state index in [1.807, 2.05) is 13.0 Å². The van der Waals surface area contributed by atoms with Crippen molar-refractivity contribution >= 4 is 0 Å². The van der Waals surface area contributed by atoms with Crippen LogP contribution in [-0.4, -0.2) is 16.5 Å². The fourth-order valence-corrected chi connectivity index (χ4v) is 1.62. The lowest BCUT2D eigenvalue weighted by Crippen LogP contribution is -2.29. The third kappa shape index (κ3) is 5.41. The molecule has 0 amide bonds. The number of nitriles is 1. The number of nitrogens with one attached hydrogen (secondary N) is 1. The van der Waals surface area contributed by atoms with Crippen molar-refractivity contribution in [3.63, 3.8) is 0 Å². The lowest BCUT2D eigenvalue weighted by molar-refractivity contribution is 0.317. The van der Waals surface area contributed by atoms with Crippen LogP contribution in [0.2, 0.25) is 0 Å². The van der Waals surface area contributed by atoms with Crippen molar-refractivity contribution < 1.29 is 0 Å². The van der Waals surface area contributed by atoms with E-state index in [9.17, 15) is 0 Å². The van der Waals surface area contributed by atoms with Crippen molar-refractivity contribution in [2.45, 2.75) is 40.2 Å². The van der Waals surface area contributed by atoms with Gasteiger partial charge in [0.1, 0.15) is 5.82 Å². The van der Waals surface area contributed by atoms with E-state index in [4.69, 9.17) is 5.26 Å². The highest BCUT2D eigenvalue weighted by Gasteiger charge is 2.16. The van der Waals surface area contributed by atoms with Gasteiger partial charge in [-0.25, -0.2) is 9.97 Å². The molecule has 4 heteroatoms. The van der Waals surface area contributed by atoms with E-state index in [1.54, 1.807) is 6.20 Å². The van der Waals surface area contributed by atoms with Crippen LogP contribution in [0.1, 0.15) is 38.2 Å². The van der Waals surface area contributed by atoms with Gasteiger partial charge in [-0.05, 0) is 24.8 Å². The molecule has 0 radical (unpaired) electrons. The van der Waals surface area contributed by atoms with Crippen LogP contribution in [0.3, 0.4) is 0 Å². The van der Waals surface area contributed by atoms with Crippen molar-refractivity contribution in [1.82, 2.24) is 15.3 Å². The topological polar surface area (TPSA) is 61.6 Å². The first kappa shape index (κ1) is 13.6. The average Bonchev–Trinajstić information content (AvgIpc) is 2.26. The van der Waals surface area contributed by atoms with Crippen molar-refractivity contribution in [1.29, 1.82) is 5.26 Å². The minimum absolute atomic E-state index is 0.151. The van der Waals surface area contributed by atoms with E-state index in [-0.39, 0.29) is 5.41 Å². The Kier molecular flexibility index (Phi) is 5.05. The second kappa shape index (κ2) is 6.31. The van der Waals surface area contributed by atoms with E-state index in [2.05, 4.69) is 35.2 Å². The fourth-order valence-electron chi connectivity index (χ4n) is 1.62. The summed E-state index contributed by atoms with van der Waals surface area (Å²) in [7, 11) is 0. The summed E-state index contributed by atoms with van der Waals surface area (Å²) in [5.74, 6) is 0.799. The zero-order chi connectivity index (χ0) is 12.7. The van der Waals surface area contributed by atoms with Gasteiger partial charge < -0.3 is 5.32 Å². The largest absolute Gasteiger partial charge is 0.311 e. The molecule has 0 aliphatic rings. The number of nitrogens with zero attached hydrogens (tertiary/aromatic N) is 3. The Hall–Kier alpha value is -1.47. The van der Waals surface area contributed by atoms with Crippen LogP contribution >= 0.6 is 0 Å². The molecule has 1 N–H and O–H groups in total. The molecular weight excluding hydrogens is 212 g/mol. The molecule has 0 saturated heterocycles. The van der Waals surface area contributed by atoms with Gasteiger partial charge in [0.25, 0.3) is 0 Å². The average molecular weight is 232 g/mol. The molecule has 1 aromatic heterocycles. The Morgan fingerprint density at radius 1 is 1.47 bits per heavy atom. The SMILES string of the molecule is Cc1nccc(CNCC(C)(C)CCC#N)n1. The number of hydrogen-bond donors (Lipinski definition) is 1. The first-order valence-electron chi connectivity index (χ1n) is 5.90. The van der Waals surface area contributed by atoms with E-state index in [1.165, 1.54) is 0 Å². The van der Waals surface area contributed by atoms with Gasteiger partial charge in [0, 0.05) is 25.7 Å². The maximum absolute atomic E-state index is 8.58. The van der Waals surface area contributed by atoms with Gasteiger partial charge in [0.2, 0.25) is 0 Å². The summed E-state index contributed by atoms with van der Waals surface area (Å²) in [4.78, 5) is 8.39. The summed E-state index contributed by atoms with van der Waals surface area (Å²) in [6.07, 6.45) is 3.31. The maximum atomic E-state index is 8.58. The van der Waals surface area contributed by atoms with Crippen molar-refractivity contribution in [2.24, 2.45) is 5.41 Å². The molecule has 17 heavy (non-hydrogen) atoms. The molecule has 0 bridgehead atoms. The molecule has 0 unspecified atom stereocenters. The van der Waals surface area contributed by atoms with Crippen LogP contribution in [0.5, 0.6) is 0 Å². The van der Waals surface area contributed by atoms with Crippen LogP contribution in [0.25, 0.3) is 0 Å². The van der Waals surface area contributed by atoms with Crippen LogP contribution in [-0.2, 0) is 6.54 Å². The molecule has 0 aliphatic heterocycles. The zero-order valence-corrected chi connectivity index (χ0v) is 10.8. The molecule has 92 valence electrons. The van der Waals surface area contributed by atoms with Crippen LogP contribution in [0.15, 0.2) is 12.3 Å². The van der Waals surface area contributed by atoms with E-state index >= 15 is 0 Å². The quantitative estimate of drug-likeness (QED) is 0.816. The summed E-state index contributed by atoms with van der Waals surface area (Å²) in [6.45, 7) is 7.86. The standard InChI is InChI=1S/C13H20N4/c1-11-16-8-5-12(17-11)9-15-10-13(2,3)6-4-7-14/h5,8,15H,4,6,9-10H2,1-3H3. The molecule has 0 atom stereocenters. The fraction of sp³-hybridized carbons (Fsp3) is 0.615. The Morgan fingerprint density at radius 3 is 2.88 bits per heavy atom. The summed E-state index contributed by atoms with van der Waals surface area (Å²) in [5.41, 5.74) is 1.16. The van der Waals surface area contributed by atoms with Crippen molar-refractivity contribution in [2.75, 3.05) is 6.54 Å².